The first-order chi connectivity index (χ1) is 16.6. The SMILES string of the molecule is CCCc1cc2c(c(CCC)c1CCC)-c1c(c(CCC)c(CCC)c(CCC)c1CCC)[CH]2. The second-order valence-electron chi connectivity index (χ2n) is 10.6. The van der Waals surface area contributed by atoms with Gasteiger partial charge in [0.05, 0.1) is 0 Å². The van der Waals surface area contributed by atoms with Crippen molar-refractivity contribution in [2.75, 3.05) is 0 Å². The topological polar surface area (TPSA) is 0 Å². The average molecular weight is 460 g/mol. The fourth-order valence-electron chi connectivity index (χ4n) is 6.61. The Kier molecular flexibility index (Phi) is 10.3. The summed E-state index contributed by atoms with van der Waals surface area (Å²) >= 11 is 0. The van der Waals surface area contributed by atoms with Gasteiger partial charge in [0.25, 0.3) is 0 Å². The molecule has 0 aliphatic heterocycles. The minimum Gasteiger partial charge on any atom is -0.0651 e. The van der Waals surface area contributed by atoms with E-state index in [-0.39, 0.29) is 0 Å². The van der Waals surface area contributed by atoms with Crippen LogP contribution in [0.25, 0.3) is 11.1 Å². The molecule has 0 saturated carbocycles. The van der Waals surface area contributed by atoms with Crippen LogP contribution >= 0.6 is 0 Å². The molecule has 0 heterocycles. The first-order valence-electron chi connectivity index (χ1n) is 14.8. The minimum absolute atomic E-state index is 1.22. The standard InChI is InChI=1S/C34H51/c1-8-15-24-22-25-23-32-29(19-12-5)27(17-10-3)28(18-11-4)31(21-14-7)34(32)33(25)30(20-13-6)26(24)16-9-2/h22-23H,8-21H2,1-7H3. The van der Waals surface area contributed by atoms with E-state index in [0.29, 0.717) is 0 Å². The number of fused-ring (bicyclic) bond motifs is 3. The van der Waals surface area contributed by atoms with Crippen LogP contribution in [0.4, 0.5) is 0 Å². The van der Waals surface area contributed by atoms with Gasteiger partial charge in [-0.3, -0.25) is 0 Å². The lowest BCUT2D eigenvalue weighted by Gasteiger charge is -2.26. The summed E-state index contributed by atoms with van der Waals surface area (Å²) in [6.45, 7) is 16.5. The number of hydrogen-bond donors (Lipinski definition) is 0. The molecule has 3 rings (SSSR count). The van der Waals surface area contributed by atoms with Crippen LogP contribution < -0.4 is 0 Å². The van der Waals surface area contributed by atoms with Gasteiger partial charge in [-0.05, 0) is 106 Å². The van der Waals surface area contributed by atoms with Gasteiger partial charge >= 0.3 is 0 Å². The van der Waals surface area contributed by atoms with Gasteiger partial charge < -0.3 is 0 Å². The highest BCUT2D eigenvalue weighted by Crippen LogP contribution is 2.49. The van der Waals surface area contributed by atoms with Crippen LogP contribution in [0.15, 0.2) is 6.07 Å². The average Bonchev–Trinajstić information content (AvgIpc) is 3.19. The lowest BCUT2D eigenvalue weighted by atomic mass is 9.79. The summed E-state index contributed by atoms with van der Waals surface area (Å²) in [6, 6.07) is 2.60. The van der Waals surface area contributed by atoms with E-state index in [9.17, 15) is 0 Å². The molecule has 0 amide bonds. The maximum atomic E-state index is 2.62. The second kappa shape index (κ2) is 12.9. The van der Waals surface area contributed by atoms with Crippen molar-refractivity contribution in [3.63, 3.8) is 0 Å². The molecule has 2 aromatic carbocycles. The van der Waals surface area contributed by atoms with Gasteiger partial charge in [-0.25, -0.2) is 0 Å². The van der Waals surface area contributed by atoms with Crippen LogP contribution in [0.2, 0.25) is 0 Å². The number of aryl methyl sites for hydroxylation is 1. The molecule has 0 atom stereocenters. The molecule has 1 radical (unpaired) electrons. The summed E-state index contributed by atoms with van der Waals surface area (Å²) in [5, 5.41) is 0. The Hall–Kier alpha value is -1.56. The van der Waals surface area contributed by atoms with Gasteiger partial charge in [-0.2, -0.15) is 0 Å². The van der Waals surface area contributed by atoms with E-state index in [4.69, 9.17) is 0 Å². The van der Waals surface area contributed by atoms with Crippen LogP contribution in [-0.2, 0) is 44.9 Å². The fourth-order valence-corrected chi connectivity index (χ4v) is 6.61. The van der Waals surface area contributed by atoms with E-state index in [2.05, 4.69) is 61.0 Å². The van der Waals surface area contributed by atoms with Crippen molar-refractivity contribution in [1.82, 2.24) is 0 Å². The van der Waals surface area contributed by atoms with Crippen molar-refractivity contribution in [2.24, 2.45) is 0 Å². The van der Waals surface area contributed by atoms with E-state index in [0.717, 1.165) is 0 Å². The van der Waals surface area contributed by atoms with E-state index in [1.165, 1.54) is 95.5 Å². The zero-order valence-electron chi connectivity index (χ0n) is 23.6. The monoisotopic (exact) mass is 459 g/mol. The molecule has 0 unspecified atom stereocenters. The first-order valence-corrected chi connectivity index (χ1v) is 14.8. The summed E-state index contributed by atoms with van der Waals surface area (Å²) in [5.41, 5.74) is 18.3. The molecule has 2 aromatic rings. The Morgan fingerprint density at radius 2 is 0.824 bits per heavy atom. The quantitative estimate of drug-likeness (QED) is 0.225. The van der Waals surface area contributed by atoms with Crippen molar-refractivity contribution in [2.45, 2.75) is 138 Å². The van der Waals surface area contributed by atoms with E-state index in [1.54, 1.807) is 55.6 Å². The Balaban J connectivity index is 2.44. The van der Waals surface area contributed by atoms with Crippen molar-refractivity contribution >= 4 is 0 Å². The van der Waals surface area contributed by atoms with E-state index < -0.39 is 0 Å². The largest absolute Gasteiger partial charge is 0.0651 e. The van der Waals surface area contributed by atoms with Gasteiger partial charge in [-0.15, -0.1) is 0 Å². The molecular weight excluding hydrogens is 408 g/mol. The Morgan fingerprint density at radius 1 is 0.412 bits per heavy atom. The summed E-state index contributed by atoms with van der Waals surface area (Å²) in [5.74, 6) is 0. The van der Waals surface area contributed by atoms with Gasteiger partial charge in [0, 0.05) is 6.42 Å². The Morgan fingerprint density at radius 3 is 1.35 bits per heavy atom. The van der Waals surface area contributed by atoms with Crippen LogP contribution in [0, 0.1) is 6.42 Å². The Bertz CT molecular complexity index is 959. The van der Waals surface area contributed by atoms with Crippen molar-refractivity contribution < 1.29 is 0 Å². The number of rotatable bonds is 14. The molecule has 0 saturated heterocycles. The third kappa shape index (κ3) is 5.17. The molecule has 0 nitrogen and oxygen atoms in total. The molecular formula is C34H51. The van der Waals surface area contributed by atoms with Crippen molar-refractivity contribution in [3.8, 4) is 11.1 Å². The lowest BCUT2D eigenvalue weighted by Crippen LogP contribution is -2.10. The Labute approximate surface area is 212 Å². The zero-order chi connectivity index (χ0) is 24.7. The highest BCUT2D eigenvalue weighted by Gasteiger charge is 2.32. The van der Waals surface area contributed by atoms with Crippen molar-refractivity contribution in [3.05, 3.63) is 62.6 Å². The molecule has 0 heteroatoms. The first kappa shape index (κ1) is 27.0. The second-order valence-corrected chi connectivity index (χ2v) is 10.6. The minimum atomic E-state index is 1.22. The van der Waals surface area contributed by atoms with Gasteiger partial charge in [0.1, 0.15) is 0 Å². The maximum Gasteiger partial charge on any atom is 0.0215 e. The van der Waals surface area contributed by atoms with Crippen molar-refractivity contribution in [1.29, 1.82) is 0 Å². The van der Waals surface area contributed by atoms with Crippen LogP contribution in [-0.4, -0.2) is 0 Å². The molecule has 0 N–H and O–H groups in total. The van der Waals surface area contributed by atoms with Gasteiger partial charge in [0.15, 0.2) is 0 Å². The molecule has 187 valence electrons. The third-order valence-corrected chi connectivity index (χ3v) is 7.73. The molecule has 1 aliphatic rings. The van der Waals surface area contributed by atoms with E-state index in [1.807, 2.05) is 0 Å². The van der Waals surface area contributed by atoms with Gasteiger partial charge in [0.2, 0.25) is 0 Å². The molecule has 0 spiro atoms. The fraction of sp³-hybridized carbons (Fsp3) is 0.618. The summed E-state index contributed by atoms with van der Waals surface area (Å²) in [6.07, 6.45) is 19.9. The number of benzene rings is 2. The predicted molar refractivity (Wildman–Crippen MR) is 152 cm³/mol. The maximum absolute atomic E-state index is 2.62. The lowest BCUT2D eigenvalue weighted by molar-refractivity contribution is 0.799. The highest BCUT2D eigenvalue weighted by molar-refractivity contribution is 5.89. The van der Waals surface area contributed by atoms with E-state index >= 15 is 0 Å². The summed E-state index contributed by atoms with van der Waals surface area (Å²) in [4.78, 5) is 0. The zero-order valence-corrected chi connectivity index (χ0v) is 23.6. The summed E-state index contributed by atoms with van der Waals surface area (Å²) < 4.78 is 0. The summed E-state index contributed by atoms with van der Waals surface area (Å²) in [7, 11) is 0. The number of hydrogen-bond acceptors (Lipinski definition) is 0. The molecule has 0 aromatic heterocycles. The third-order valence-electron chi connectivity index (χ3n) is 7.73. The normalized spacial score (nSPS) is 12.3. The smallest absolute Gasteiger partial charge is 0.0215 e. The van der Waals surface area contributed by atoms with Crippen LogP contribution in [0.5, 0.6) is 0 Å². The molecule has 0 fully saturated rings. The van der Waals surface area contributed by atoms with Crippen LogP contribution in [0.3, 0.4) is 0 Å². The molecule has 1 aliphatic carbocycles. The molecule has 0 bridgehead atoms. The van der Waals surface area contributed by atoms with Gasteiger partial charge in [-0.1, -0.05) is 99.5 Å². The molecule has 34 heavy (non-hydrogen) atoms. The van der Waals surface area contributed by atoms with Crippen LogP contribution in [0.1, 0.15) is 143 Å². The predicted octanol–water partition coefficient (Wildman–Crippen LogP) is 9.94. The highest BCUT2D eigenvalue weighted by atomic mass is 14.4.